The van der Waals surface area contributed by atoms with Crippen LogP contribution < -0.4 is 5.32 Å². The average Bonchev–Trinajstić information content (AvgIpc) is 3.19. The number of aromatic nitrogens is 5. The number of nitrogens with one attached hydrogen (secondary N) is 1. The van der Waals surface area contributed by atoms with Crippen molar-refractivity contribution in [1.82, 2.24) is 29.7 Å². The molecule has 0 spiro atoms. The van der Waals surface area contributed by atoms with Crippen LogP contribution in [0.3, 0.4) is 0 Å². The van der Waals surface area contributed by atoms with E-state index in [0.717, 1.165) is 29.1 Å². The van der Waals surface area contributed by atoms with Gasteiger partial charge >= 0.3 is 0 Å². The minimum atomic E-state index is -0.899. The highest BCUT2D eigenvalue weighted by Gasteiger charge is 2.33. The third-order valence-electron chi connectivity index (χ3n) is 5.34. The first-order valence-electron chi connectivity index (χ1n) is 10.2. The maximum absolute atomic E-state index is 12.1. The normalized spacial score (nSPS) is 14.8. The summed E-state index contributed by atoms with van der Waals surface area (Å²) in [5.41, 5.74) is 2.54. The predicted octanol–water partition coefficient (Wildman–Crippen LogP) is 2.05. The lowest BCUT2D eigenvalue weighted by Crippen LogP contribution is -2.24. The van der Waals surface area contributed by atoms with Crippen LogP contribution in [0.1, 0.15) is 57.9 Å². The average molecular weight is 439 g/mol. The van der Waals surface area contributed by atoms with Crippen molar-refractivity contribution in [3.63, 3.8) is 0 Å². The van der Waals surface area contributed by atoms with Gasteiger partial charge in [0.1, 0.15) is 23.0 Å². The highest BCUT2D eigenvalue weighted by Crippen LogP contribution is 2.47. The number of hydrogen-bond acceptors (Lipinski definition) is 7. The van der Waals surface area contributed by atoms with Crippen LogP contribution in [0.4, 0.5) is 0 Å². The lowest BCUT2D eigenvalue weighted by atomic mass is 10.1. The zero-order valence-corrected chi connectivity index (χ0v) is 17.5. The Bertz CT molecular complexity index is 1210. The Kier molecular flexibility index (Phi) is 5.26. The van der Waals surface area contributed by atoms with Crippen LogP contribution in [0.5, 0.6) is 0 Å². The molecule has 1 atom stereocenters. The van der Waals surface area contributed by atoms with Gasteiger partial charge in [-0.25, -0.2) is 9.67 Å². The molecule has 1 amide bonds. The van der Waals surface area contributed by atoms with E-state index in [1.54, 1.807) is 52.8 Å². The molecule has 0 bridgehead atoms. The van der Waals surface area contributed by atoms with Crippen molar-refractivity contribution in [2.24, 2.45) is 0 Å². The van der Waals surface area contributed by atoms with Gasteiger partial charge in [0.15, 0.2) is 0 Å². The number of aliphatic hydroxyl groups excluding tert-OH is 2. The third-order valence-corrected chi connectivity index (χ3v) is 6.62. The number of imidazole rings is 1. The van der Waals surface area contributed by atoms with Crippen LogP contribution in [-0.4, -0.2) is 53.7 Å². The van der Waals surface area contributed by atoms with E-state index >= 15 is 0 Å². The summed E-state index contributed by atoms with van der Waals surface area (Å²) in [6.45, 7) is 0.469. The van der Waals surface area contributed by atoms with Gasteiger partial charge in [0.25, 0.3) is 5.91 Å². The van der Waals surface area contributed by atoms with Crippen molar-refractivity contribution < 1.29 is 15.0 Å². The van der Waals surface area contributed by atoms with Crippen molar-refractivity contribution in [3.8, 4) is 5.69 Å². The second-order valence-electron chi connectivity index (χ2n) is 7.60. The second-order valence-corrected chi connectivity index (χ2v) is 8.66. The number of nitrogens with zero attached hydrogens (tertiary/aromatic N) is 5. The molecule has 9 nitrogen and oxygen atoms in total. The summed E-state index contributed by atoms with van der Waals surface area (Å²) in [4.78, 5) is 18.5. The van der Waals surface area contributed by atoms with Crippen molar-refractivity contribution in [1.29, 1.82) is 0 Å². The van der Waals surface area contributed by atoms with E-state index in [1.165, 1.54) is 4.88 Å². The maximum atomic E-state index is 12.1. The highest BCUT2D eigenvalue weighted by molar-refractivity contribution is 7.17. The van der Waals surface area contributed by atoms with Gasteiger partial charge in [0.2, 0.25) is 0 Å². The molecule has 1 saturated carbocycles. The smallest absolute Gasteiger partial charge is 0.251 e. The zero-order valence-electron chi connectivity index (χ0n) is 16.7. The van der Waals surface area contributed by atoms with Crippen LogP contribution in [0.2, 0.25) is 0 Å². The molecule has 4 aromatic rings. The lowest BCUT2D eigenvalue weighted by Gasteiger charge is -2.09. The number of benzene rings is 1. The Morgan fingerprint density at radius 2 is 2.10 bits per heavy atom. The molecule has 1 aromatic carbocycles. The molecule has 5 rings (SSSR count). The molecule has 160 valence electrons. The Hall–Kier alpha value is -3.08. The Morgan fingerprint density at radius 1 is 1.29 bits per heavy atom. The number of fused-ring (bicyclic) bond motifs is 1. The third kappa shape index (κ3) is 3.85. The predicted molar refractivity (Wildman–Crippen MR) is 115 cm³/mol. The Balaban J connectivity index is 1.36. The van der Waals surface area contributed by atoms with Crippen LogP contribution in [0.15, 0.2) is 43.0 Å². The van der Waals surface area contributed by atoms with Crippen molar-refractivity contribution in [2.45, 2.75) is 31.3 Å². The Morgan fingerprint density at radius 3 is 2.84 bits per heavy atom. The first-order valence-corrected chi connectivity index (χ1v) is 11.0. The highest BCUT2D eigenvalue weighted by atomic mass is 32.1. The number of rotatable bonds is 8. The zero-order chi connectivity index (χ0) is 21.4. The van der Waals surface area contributed by atoms with E-state index in [-0.39, 0.29) is 12.5 Å². The van der Waals surface area contributed by atoms with Crippen molar-refractivity contribution in [3.05, 3.63) is 64.8 Å². The van der Waals surface area contributed by atoms with Gasteiger partial charge in [-0.3, -0.25) is 9.20 Å². The fourth-order valence-electron chi connectivity index (χ4n) is 3.54. The largest absolute Gasteiger partial charge is 0.396 e. The molecule has 1 fully saturated rings. The molecule has 0 radical (unpaired) electrons. The lowest BCUT2D eigenvalue weighted by molar-refractivity contribution is 0.0951. The van der Waals surface area contributed by atoms with Gasteiger partial charge in [-0.05, 0) is 49.4 Å². The number of thiazole rings is 1. The SMILES string of the molecule is O=C(NCCCO)c1ccc(-n2cc(C(O)c3c(C4CC4)sc4cncn34)nn2)cc1. The molecule has 3 aromatic heterocycles. The fraction of sp³-hybridized carbons (Fsp3) is 0.333. The van der Waals surface area contributed by atoms with E-state index < -0.39 is 6.10 Å². The van der Waals surface area contributed by atoms with Crippen molar-refractivity contribution in [2.75, 3.05) is 13.2 Å². The van der Waals surface area contributed by atoms with E-state index in [0.29, 0.717) is 30.1 Å². The van der Waals surface area contributed by atoms with Crippen LogP contribution >= 0.6 is 11.3 Å². The topological polar surface area (TPSA) is 118 Å². The number of carbonyl (C=O) groups excluding carboxylic acids is 1. The Labute approximate surface area is 182 Å². The van der Waals surface area contributed by atoms with Crippen molar-refractivity contribution >= 4 is 22.1 Å². The maximum Gasteiger partial charge on any atom is 0.251 e. The summed E-state index contributed by atoms with van der Waals surface area (Å²) >= 11 is 1.67. The molecule has 0 aliphatic heterocycles. The van der Waals surface area contributed by atoms with E-state index in [2.05, 4.69) is 20.6 Å². The molecule has 1 aliphatic carbocycles. The van der Waals surface area contributed by atoms with Gasteiger partial charge in [-0.2, -0.15) is 0 Å². The molecular weight excluding hydrogens is 416 g/mol. The molecule has 1 unspecified atom stereocenters. The van der Waals surface area contributed by atoms with Crippen LogP contribution in [0.25, 0.3) is 10.5 Å². The minimum absolute atomic E-state index is 0.0413. The molecule has 3 N–H and O–H groups in total. The van der Waals surface area contributed by atoms with Crippen LogP contribution in [0, 0.1) is 0 Å². The molecule has 31 heavy (non-hydrogen) atoms. The van der Waals surface area contributed by atoms with E-state index in [1.807, 2.05) is 10.6 Å². The van der Waals surface area contributed by atoms with E-state index in [9.17, 15) is 9.90 Å². The quantitative estimate of drug-likeness (QED) is 0.363. The minimum Gasteiger partial charge on any atom is -0.396 e. The first-order chi connectivity index (χ1) is 15.2. The number of aliphatic hydroxyl groups is 2. The second kappa shape index (κ2) is 8.22. The van der Waals surface area contributed by atoms with E-state index in [4.69, 9.17) is 5.11 Å². The van der Waals surface area contributed by atoms with Crippen LogP contribution in [-0.2, 0) is 0 Å². The standard InChI is InChI=1S/C21H22N6O3S/c28-9-1-8-23-21(30)14-4-6-15(7-5-14)27-11-16(24-25-27)19(29)18-20(13-2-3-13)31-17-10-22-12-26(17)18/h4-7,10-13,19,28-29H,1-3,8-9H2,(H,23,30). The number of amides is 1. The number of carbonyl (C=O) groups is 1. The van der Waals surface area contributed by atoms with Gasteiger partial charge < -0.3 is 15.5 Å². The molecule has 0 saturated heterocycles. The molecule has 3 heterocycles. The summed E-state index contributed by atoms with van der Waals surface area (Å²) in [5, 5.41) is 31.0. The fourth-order valence-corrected chi connectivity index (χ4v) is 4.84. The monoisotopic (exact) mass is 438 g/mol. The first kappa shape index (κ1) is 19.9. The number of hydrogen-bond donors (Lipinski definition) is 3. The van der Waals surface area contributed by atoms with Gasteiger partial charge in [-0.1, -0.05) is 5.21 Å². The molecule has 10 heteroatoms. The molecule has 1 aliphatic rings. The van der Waals surface area contributed by atoms with Gasteiger partial charge in [-0.15, -0.1) is 16.4 Å². The van der Waals surface area contributed by atoms with Gasteiger partial charge in [0, 0.05) is 23.6 Å². The summed E-state index contributed by atoms with van der Waals surface area (Å²) in [7, 11) is 0. The summed E-state index contributed by atoms with van der Waals surface area (Å²) in [6, 6.07) is 6.97. The molecular formula is C21H22N6O3S. The summed E-state index contributed by atoms with van der Waals surface area (Å²) in [5.74, 6) is 0.310. The van der Waals surface area contributed by atoms with Gasteiger partial charge in [0.05, 0.1) is 23.8 Å². The summed E-state index contributed by atoms with van der Waals surface area (Å²) < 4.78 is 3.52. The summed E-state index contributed by atoms with van der Waals surface area (Å²) in [6.07, 6.45) is 7.15.